The number of carboxylic acids is 1. The maximum Gasteiger partial charge on any atom is 0.339 e. The average molecular weight is 285 g/mol. The van der Waals surface area contributed by atoms with Crippen LogP contribution in [-0.2, 0) is 0 Å². The van der Waals surface area contributed by atoms with Gasteiger partial charge in [0.25, 0.3) is 0 Å². The number of pyridine rings is 1. The summed E-state index contributed by atoms with van der Waals surface area (Å²) in [5.74, 6) is -0.922. The second-order valence-corrected chi connectivity index (χ2v) is 5.65. The maximum atomic E-state index is 11.6. The third-order valence-electron chi connectivity index (χ3n) is 4.10. The number of benzene rings is 1. The molecule has 1 saturated heterocycles. The van der Waals surface area contributed by atoms with Crippen LogP contribution in [-0.4, -0.2) is 53.7 Å². The molecular weight excluding hydrogens is 266 g/mol. The Morgan fingerprint density at radius 2 is 2.10 bits per heavy atom. The topological polar surface area (TPSA) is 56.7 Å². The normalized spacial score (nSPS) is 19.9. The number of rotatable bonds is 2. The number of anilines is 1. The van der Waals surface area contributed by atoms with Crippen molar-refractivity contribution in [2.24, 2.45) is 0 Å². The summed E-state index contributed by atoms with van der Waals surface area (Å²) in [6, 6.07) is 8.00. The van der Waals surface area contributed by atoms with Gasteiger partial charge in [0, 0.05) is 37.3 Å². The van der Waals surface area contributed by atoms with Crippen molar-refractivity contribution < 1.29 is 9.90 Å². The van der Waals surface area contributed by atoms with Crippen molar-refractivity contribution in [3.63, 3.8) is 0 Å². The molecule has 1 aliphatic heterocycles. The molecule has 0 spiro atoms. The number of fused-ring (bicyclic) bond motifs is 1. The molecule has 5 nitrogen and oxygen atoms in total. The molecule has 0 aliphatic carbocycles. The quantitative estimate of drug-likeness (QED) is 0.915. The van der Waals surface area contributed by atoms with Crippen LogP contribution in [0.1, 0.15) is 17.3 Å². The fourth-order valence-corrected chi connectivity index (χ4v) is 3.06. The first-order chi connectivity index (χ1) is 10.1. The molecule has 0 radical (unpaired) electrons. The molecule has 1 unspecified atom stereocenters. The monoisotopic (exact) mass is 285 g/mol. The van der Waals surface area contributed by atoms with Gasteiger partial charge in [-0.25, -0.2) is 4.79 Å². The van der Waals surface area contributed by atoms with Crippen molar-refractivity contribution in [1.29, 1.82) is 0 Å². The average Bonchev–Trinajstić information content (AvgIpc) is 2.46. The van der Waals surface area contributed by atoms with E-state index in [0.717, 1.165) is 36.2 Å². The second-order valence-electron chi connectivity index (χ2n) is 5.65. The Hall–Kier alpha value is -2.14. The summed E-state index contributed by atoms with van der Waals surface area (Å²) in [6.45, 7) is 4.82. The first-order valence-corrected chi connectivity index (χ1v) is 7.14. The molecule has 1 atom stereocenters. The highest BCUT2D eigenvalue weighted by atomic mass is 16.4. The van der Waals surface area contributed by atoms with Gasteiger partial charge < -0.3 is 14.9 Å². The van der Waals surface area contributed by atoms with Crippen LogP contribution < -0.4 is 4.90 Å². The number of carbonyl (C=O) groups is 1. The number of piperazine rings is 1. The van der Waals surface area contributed by atoms with Gasteiger partial charge in [-0.05, 0) is 20.0 Å². The molecule has 1 N–H and O–H groups in total. The minimum atomic E-state index is -0.922. The van der Waals surface area contributed by atoms with Crippen molar-refractivity contribution in [3.05, 3.63) is 36.0 Å². The minimum absolute atomic E-state index is 0.271. The molecular formula is C16H19N3O2. The van der Waals surface area contributed by atoms with Gasteiger partial charge in [-0.15, -0.1) is 0 Å². The summed E-state index contributed by atoms with van der Waals surface area (Å²) in [5.41, 5.74) is 1.92. The third-order valence-corrected chi connectivity index (χ3v) is 4.10. The molecule has 5 heteroatoms. The van der Waals surface area contributed by atoms with Crippen LogP contribution in [0.2, 0.25) is 0 Å². The van der Waals surface area contributed by atoms with Crippen molar-refractivity contribution in [3.8, 4) is 0 Å². The largest absolute Gasteiger partial charge is 0.478 e. The van der Waals surface area contributed by atoms with Crippen LogP contribution in [0.25, 0.3) is 10.9 Å². The zero-order chi connectivity index (χ0) is 15.0. The van der Waals surface area contributed by atoms with E-state index >= 15 is 0 Å². The molecule has 3 rings (SSSR count). The lowest BCUT2D eigenvalue weighted by Crippen LogP contribution is -2.51. The molecule has 1 fully saturated rings. The van der Waals surface area contributed by atoms with Crippen LogP contribution in [0, 0.1) is 0 Å². The summed E-state index contributed by atoms with van der Waals surface area (Å²) in [7, 11) is 2.09. The van der Waals surface area contributed by atoms with E-state index in [1.54, 1.807) is 0 Å². The number of nitrogens with zero attached hydrogens (tertiary/aromatic N) is 3. The first kappa shape index (κ1) is 13.8. The Labute approximate surface area is 123 Å². The minimum Gasteiger partial charge on any atom is -0.478 e. The van der Waals surface area contributed by atoms with Gasteiger partial charge in [0.1, 0.15) is 5.56 Å². The summed E-state index contributed by atoms with van der Waals surface area (Å²) in [5, 5.41) is 10.4. The van der Waals surface area contributed by atoms with E-state index in [9.17, 15) is 9.90 Å². The number of hydrogen-bond donors (Lipinski definition) is 1. The van der Waals surface area contributed by atoms with Gasteiger partial charge in [-0.1, -0.05) is 18.2 Å². The van der Waals surface area contributed by atoms with Gasteiger partial charge in [-0.2, -0.15) is 0 Å². The van der Waals surface area contributed by atoms with Crippen molar-refractivity contribution in [2.45, 2.75) is 13.0 Å². The molecule has 0 saturated carbocycles. The predicted octanol–water partition coefficient (Wildman–Crippen LogP) is 2.07. The van der Waals surface area contributed by atoms with Gasteiger partial charge in [0.05, 0.1) is 11.2 Å². The number of aromatic nitrogens is 1. The number of carboxylic acid groups (broad SMARTS) is 1. The smallest absolute Gasteiger partial charge is 0.339 e. The van der Waals surface area contributed by atoms with Crippen LogP contribution in [0.3, 0.4) is 0 Å². The predicted molar refractivity (Wildman–Crippen MR) is 83.0 cm³/mol. The molecule has 21 heavy (non-hydrogen) atoms. The Morgan fingerprint density at radius 1 is 1.33 bits per heavy atom. The lowest BCUT2D eigenvalue weighted by molar-refractivity contribution is 0.0697. The third kappa shape index (κ3) is 2.45. The van der Waals surface area contributed by atoms with Crippen molar-refractivity contribution in [2.75, 3.05) is 31.6 Å². The van der Waals surface area contributed by atoms with Crippen LogP contribution in [0.4, 0.5) is 5.69 Å². The summed E-state index contributed by atoms with van der Waals surface area (Å²) in [4.78, 5) is 20.4. The molecule has 2 aromatic rings. The Morgan fingerprint density at radius 3 is 2.81 bits per heavy atom. The highest BCUT2D eigenvalue weighted by Gasteiger charge is 2.27. The molecule has 2 heterocycles. The van der Waals surface area contributed by atoms with Gasteiger partial charge in [-0.3, -0.25) is 4.98 Å². The van der Waals surface area contributed by atoms with Crippen molar-refractivity contribution in [1.82, 2.24) is 9.88 Å². The summed E-state index contributed by atoms with van der Waals surface area (Å²) < 4.78 is 0. The SMILES string of the molecule is CC1CN(C)CCN1c1c(C(=O)O)cnc2ccccc12. The first-order valence-electron chi connectivity index (χ1n) is 7.14. The van der Waals surface area contributed by atoms with E-state index in [1.165, 1.54) is 6.20 Å². The zero-order valence-electron chi connectivity index (χ0n) is 12.3. The fourth-order valence-electron chi connectivity index (χ4n) is 3.06. The number of likely N-dealkylation sites (N-methyl/N-ethyl adjacent to an activating group) is 1. The number of hydrogen-bond acceptors (Lipinski definition) is 4. The fraction of sp³-hybridized carbons (Fsp3) is 0.375. The van der Waals surface area contributed by atoms with E-state index in [2.05, 4.69) is 28.8 Å². The Balaban J connectivity index is 2.19. The van der Waals surface area contributed by atoms with E-state index in [1.807, 2.05) is 24.3 Å². The molecule has 110 valence electrons. The summed E-state index contributed by atoms with van der Waals surface area (Å²) >= 11 is 0. The van der Waals surface area contributed by atoms with Crippen LogP contribution >= 0.6 is 0 Å². The number of para-hydroxylation sites is 1. The zero-order valence-corrected chi connectivity index (χ0v) is 12.3. The van der Waals surface area contributed by atoms with Gasteiger partial charge in [0.15, 0.2) is 0 Å². The van der Waals surface area contributed by atoms with Crippen LogP contribution in [0.15, 0.2) is 30.5 Å². The van der Waals surface area contributed by atoms with E-state index in [0.29, 0.717) is 0 Å². The maximum absolute atomic E-state index is 11.6. The second kappa shape index (κ2) is 5.33. The molecule has 1 aromatic carbocycles. The van der Waals surface area contributed by atoms with Gasteiger partial charge >= 0.3 is 5.97 Å². The molecule has 0 bridgehead atoms. The van der Waals surface area contributed by atoms with E-state index in [-0.39, 0.29) is 11.6 Å². The summed E-state index contributed by atoms with van der Waals surface area (Å²) in [6.07, 6.45) is 1.48. The Kier molecular flexibility index (Phi) is 3.51. The van der Waals surface area contributed by atoms with E-state index < -0.39 is 5.97 Å². The highest BCUT2D eigenvalue weighted by molar-refractivity contribution is 6.04. The molecule has 1 aromatic heterocycles. The lowest BCUT2D eigenvalue weighted by Gasteiger charge is -2.40. The van der Waals surface area contributed by atoms with E-state index in [4.69, 9.17) is 0 Å². The standard InChI is InChI=1S/C16H19N3O2/c1-11-10-18(2)7-8-19(11)15-12-5-3-4-6-14(12)17-9-13(15)16(20)21/h3-6,9,11H,7-8,10H2,1-2H3,(H,20,21). The highest BCUT2D eigenvalue weighted by Crippen LogP contribution is 2.32. The van der Waals surface area contributed by atoms with Crippen LogP contribution in [0.5, 0.6) is 0 Å². The Bertz CT molecular complexity index is 686. The molecule has 0 amide bonds. The van der Waals surface area contributed by atoms with Gasteiger partial charge in [0.2, 0.25) is 0 Å². The molecule has 1 aliphatic rings. The lowest BCUT2D eigenvalue weighted by atomic mass is 10.0. The van der Waals surface area contributed by atoms with Crippen molar-refractivity contribution >= 4 is 22.6 Å². The number of aromatic carboxylic acids is 1.